The molecule has 3 aromatic rings. The van der Waals surface area contributed by atoms with E-state index in [-0.39, 0.29) is 24.1 Å². The van der Waals surface area contributed by atoms with Gasteiger partial charge in [0.2, 0.25) is 5.91 Å². The minimum atomic E-state index is -0.351. The number of rotatable bonds is 4. The SMILES string of the molecule is Cc1cccc(NC(=O)CN(C)C(=O)c2oc3ccc(Cl)cc3c2C)c1C. The highest BCUT2D eigenvalue weighted by molar-refractivity contribution is 6.31. The van der Waals surface area contributed by atoms with Gasteiger partial charge in [-0.3, -0.25) is 9.59 Å². The van der Waals surface area contributed by atoms with Crippen LogP contribution in [0.3, 0.4) is 0 Å². The molecule has 0 saturated carbocycles. The van der Waals surface area contributed by atoms with Gasteiger partial charge in [0.1, 0.15) is 5.58 Å². The average molecular weight is 385 g/mol. The molecule has 2 amide bonds. The molecular formula is C21H21ClN2O3. The topological polar surface area (TPSA) is 62.6 Å². The highest BCUT2D eigenvalue weighted by Gasteiger charge is 2.22. The van der Waals surface area contributed by atoms with Gasteiger partial charge in [0, 0.05) is 28.7 Å². The predicted octanol–water partition coefficient (Wildman–Crippen LogP) is 4.72. The lowest BCUT2D eigenvalue weighted by atomic mass is 10.1. The zero-order valence-electron chi connectivity index (χ0n) is 15.7. The zero-order chi connectivity index (χ0) is 19.7. The number of hydrogen-bond acceptors (Lipinski definition) is 3. The van der Waals surface area contributed by atoms with Crippen molar-refractivity contribution in [2.75, 3.05) is 18.9 Å². The van der Waals surface area contributed by atoms with Crippen molar-refractivity contribution in [1.29, 1.82) is 0 Å². The molecule has 0 unspecified atom stereocenters. The van der Waals surface area contributed by atoms with Crippen LogP contribution in [0.1, 0.15) is 27.2 Å². The number of carbonyl (C=O) groups is 2. The van der Waals surface area contributed by atoms with Crippen LogP contribution in [-0.4, -0.2) is 30.3 Å². The Labute approximate surface area is 162 Å². The lowest BCUT2D eigenvalue weighted by Gasteiger charge is -2.17. The molecule has 1 aromatic heterocycles. The van der Waals surface area contributed by atoms with E-state index in [1.54, 1.807) is 32.2 Å². The molecule has 0 aliphatic heterocycles. The van der Waals surface area contributed by atoms with Crippen molar-refractivity contribution in [3.63, 3.8) is 0 Å². The molecule has 27 heavy (non-hydrogen) atoms. The Morgan fingerprint density at radius 3 is 2.59 bits per heavy atom. The van der Waals surface area contributed by atoms with E-state index in [9.17, 15) is 9.59 Å². The number of hydrogen-bond donors (Lipinski definition) is 1. The van der Waals surface area contributed by atoms with Gasteiger partial charge in [0.15, 0.2) is 5.76 Å². The summed E-state index contributed by atoms with van der Waals surface area (Å²) < 4.78 is 5.69. The molecule has 0 bridgehead atoms. The molecule has 0 radical (unpaired) electrons. The fourth-order valence-electron chi connectivity index (χ4n) is 2.93. The molecule has 5 nitrogen and oxygen atoms in total. The fraction of sp³-hybridized carbons (Fsp3) is 0.238. The van der Waals surface area contributed by atoms with Crippen LogP contribution in [0.2, 0.25) is 5.02 Å². The summed E-state index contributed by atoms with van der Waals surface area (Å²) in [5.74, 6) is -0.401. The number of halogens is 1. The van der Waals surface area contributed by atoms with Crippen molar-refractivity contribution in [2.45, 2.75) is 20.8 Å². The lowest BCUT2D eigenvalue weighted by Crippen LogP contribution is -2.35. The first-order valence-electron chi connectivity index (χ1n) is 8.58. The number of nitrogens with one attached hydrogen (secondary N) is 1. The molecule has 140 valence electrons. The van der Waals surface area contributed by atoms with Gasteiger partial charge in [0.05, 0.1) is 6.54 Å². The molecule has 1 N–H and O–H groups in total. The largest absolute Gasteiger partial charge is 0.451 e. The summed E-state index contributed by atoms with van der Waals surface area (Å²) >= 11 is 6.02. The van der Waals surface area contributed by atoms with Crippen molar-refractivity contribution < 1.29 is 14.0 Å². The number of amides is 2. The Kier molecular flexibility index (Phi) is 5.24. The molecule has 0 atom stereocenters. The third kappa shape index (κ3) is 3.83. The molecule has 1 heterocycles. The summed E-state index contributed by atoms with van der Waals surface area (Å²) in [6, 6.07) is 10.9. The maximum Gasteiger partial charge on any atom is 0.290 e. The van der Waals surface area contributed by atoms with Gasteiger partial charge in [-0.1, -0.05) is 23.7 Å². The second-order valence-corrected chi connectivity index (χ2v) is 7.09. The first kappa shape index (κ1) is 19.0. The summed E-state index contributed by atoms with van der Waals surface area (Å²) in [5, 5.41) is 4.22. The Morgan fingerprint density at radius 2 is 1.85 bits per heavy atom. The van der Waals surface area contributed by atoms with E-state index in [0.717, 1.165) is 22.2 Å². The van der Waals surface area contributed by atoms with E-state index in [4.69, 9.17) is 16.0 Å². The van der Waals surface area contributed by atoms with E-state index >= 15 is 0 Å². The number of fused-ring (bicyclic) bond motifs is 1. The predicted molar refractivity (Wildman–Crippen MR) is 107 cm³/mol. The monoisotopic (exact) mass is 384 g/mol. The van der Waals surface area contributed by atoms with Crippen molar-refractivity contribution in [2.24, 2.45) is 0 Å². The summed E-state index contributed by atoms with van der Waals surface area (Å²) in [5.41, 5.74) is 4.14. The number of aryl methyl sites for hydroxylation is 2. The van der Waals surface area contributed by atoms with Gasteiger partial charge in [-0.05, 0) is 56.2 Å². The van der Waals surface area contributed by atoms with Gasteiger partial charge in [0.25, 0.3) is 5.91 Å². The van der Waals surface area contributed by atoms with Crippen LogP contribution >= 0.6 is 11.6 Å². The molecule has 0 aliphatic rings. The lowest BCUT2D eigenvalue weighted by molar-refractivity contribution is -0.116. The van der Waals surface area contributed by atoms with Crippen molar-refractivity contribution in [3.8, 4) is 0 Å². The highest BCUT2D eigenvalue weighted by Crippen LogP contribution is 2.28. The number of nitrogens with zero attached hydrogens (tertiary/aromatic N) is 1. The van der Waals surface area contributed by atoms with Crippen LogP contribution in [0, 0.1) is 20.8 Å². The molecule has 2 aromatic carbocycles. The number of furan rings is 1. The first-order chi connectivity index (χ1) is 12.8. The number of likely N-dealkylation sites (N-methyl/N-ethyl adjacent to an activating group) is 1. The molecule has 0 aliphatic carbocycles. The zero-order valence-corrected chi connectivity index (χ0v) is 16.5. The van der Waals surface area contributed by atoms with Gasteiger partial charge >= 0.3 is 0 Å². The van der Waals surface area contributed by atoms with Crippen LogP contribution in [0.4, 0.5) is 5.69 Å². The molecule has 0 spiro atoms. The molecule has 6 heteroatoms. The van der Waals surface area contributed by atoms with Crippen LogP contribution in [0.15, 0.2) is 40.8 Å². The smallest absolute Gasteiger partial charge is 0.290 e. The maximum atomic E-state index is 12.7. The van der Waals surface area contributed by atoms with Crippen molar-refractivity contribution in [3.05, 3.63) is 63.9 Å². The Morgan fingerprint density at radius 1 is 1.11 bits per heavy atom. The summed E-state index contributed by atoms with van der Waals surface area (Å²) in [6.07, 6.45) is 0. The Hall–Kier alpha value is -2.79. The minimum Gasteiger partial charge on any atom is -0.451 e. The quantitative estimate of drug-likeness (QED) is 0.707. The minimum absolute atomic E-state index is 0.0799. The van der Waals surface area contributed by atoms with Gasteiger partial charge in [-0.2, -0.15) is 0 Å². The van der Waals surface area contributed by atoms with E-state index in [1.165, 1.54) is 4.90 Å². The summed E-state index contributed by atoms with van der Waals surface area (Å²) in [4.78, 5) is 26.5. The molecule has 0 saturated heterocycles. The van der Waals surface area contributed by atoms with E-state index < -0.39 is 0 Å². The second kappa shape index (κ2) is 7.45. The van der Waals surface area contributed by atoms with Crippen LogP contribution in [0.5, 0.6) is 0 Å². The van der Waals surface area contributed by atoms with Gasteiger partial charge in [-0.25, -0.2) is 0 Å². The number of carbonyl (C=O) groups excluding carboxylic acids is 2. The van der Waals surface area contributed by atoms with E-state index in [1.807, 2.05) is 32.0 Å². The van der Waals surface area contributed by atoms with Crippen LogP contribution in [-0.2, 0) is 4.79 Å². The fourth-order valence-corrected chi connectivity index (χ4v) is 3.11. The standard InChI is InChI=1S/C21H21ClN2O3/c1-12-6-5-7-17(13(12)2)23-19(25)11-24(4)21(26)20-14(3)16-10-15(22)8-9-18(16)27-20/h5-10H,11H2,1-4H3,(H,23,25). The van der Waals surface area contributed by atoms with Crippen LogP contribution < -0.4 is 5.32 Å². The second-order valence-electron chi connectivity index (χ2n) is 6.65. The third-order valence-corrected chi connectivity index (χ3v) is 4.93. The molecule has 3 rings (SSSR count). The molecular weight excluding hydrogens is 364 g/mol. The summed E-state index contributed by atoms with van der Waals surface area (Å²) in [6.45, 7) is 5.66. The van der Waals surface area contributed by atoms with Gasteiger partial charge < -0.3 is 14.6 Å². The third-order valence-electron chi connectivity index (χ3n) is 4.70. The van der Waals surface area contributed by atoms with E-state index in [0.29, 0.717) is 16.2 Å². The normalized spacial score (nSPS) is 10.9. The Bertz CT molecular complexity index is 1040. The van der Waals surface area contributed by atoms with Gasteiger partial charge in [-0.15, -0.1) is 0 Å². The van der Waals surface area contributed by atoms with Crippen LogP contribution in [0.25, 0.3) is 11.0 Å². The maximum absolute atomic E-state index is 12.7. The summed E-state index contributed by atoms with van der Waals surface area (Å²) in [7, 11) is 1.57. The Balaban J connectivity index is 1.75. The molecule has 0 fully saturated rings. The first-order valence-corrected chi connectivity index (χ1v) is 8.96. The highest BCUT2D eigenvalue weighted by atomic mass is 35.5. The average Bonchev–Trinajstić information content (AvgIpc) is 2.94. The van der Waals surface area contributed by atoms with E-state index in [2.05, 4.69) is 5.32 Å². The number of anilines is 1. The van der Waals surface area contributed by atoms with Crippen molar-refractivity contribution in [1.82, 2.24) is 4.90 Å². The van der Waals surface area contributed by atoms with Crippen molar-refractivity contribution >= 4 is 40.1 Å². The number of benzene rings is 2.